The van der Waals surface area contributed by atoms with E-state index in [1.807, 2.05) is 4.68 Å². The Labute approximate surface area is 154 Å². The average molecular weight is 353 g/mol. The number of hydrogen-bond donors (Lipinski definition) is 1. The summed E-state index contributed by atoms with van der Waals surface area (Å²) >= 11 is 0. The predicted molar refractivity (Wildman–Crippen MR) is 98.4 cm³/mol. The number of oxime groups is 1. The second kappa shape index (κ2) is 5.51. The number of allylic oxidation sites excluding steroid dienone is 4. The average Bonchev–Trinajstić information content (AvgIpc) is 3.27. The molecule has 0 aliphatic heterocycles. The van der Waals surface area contributed by atoms with Crippen LogP contribution in [0.4, 0.5) is 0 Å². The second-order valence-electron chi connectivity index (χ2n) is 9.13. The Morgan fingerprint density at radius 2 is 2.04 bits per heavy atom. The van der Waals surface area contributed by atoms with Crippen molar-refractivity contribution in [1.29, 1.82) is 0 Å². The van der Waals surface area contributed by atoms with Gasteiger partial charge in [0.1, 0.15) is 6.33 Å². The van der Waals surface area contributed by atoms with Gasteiger partial charge in [0.25, 0.3) is 0 Å². The highest BCUT2D eigenvalue weighted by Crippen LogP contribution is 2.65. The molecule has 2 saturated carbocycles. The van der Waals surface area contributed by atoms with Crippen LogP contribution in [0.2, 0.25) is 0 Å². The monoisotopic (exact) mass is 353 g/mol. The highest BCUT2D eigenvalue weighted by Gasteiger charge is 2.57. The lowest BCUT2D eigenvalue weighted by Gasteiger charge is -2.57. The molecule has 5 unspecified atom stereocenters. The highest BCUT2D eigenvalue weighted by atomic mass is 16.4. The van der Waals surface area contributed by atoms with Crippen molar-refractivity contribution in [3.05, 3.63) is 24.1 Å². The highest BCUT2D eigenvalue weighted by molar-refractivity contribution is 5.96. The first-order valence-electron chi connectivity index (χ1n) is 9.92. The van der Waals surface area contributed by atoms with Crippen molar-refractivity contribution >= 4 is 11.4 Å². The van der Waals surface area contributed by atoms with Crippen molar-refractivity contribution in [2.45, 2.75) is 58.8 Å². The summed E-state index contributed by atoms with van der Waals surface area (Å²) in [5, 5.41) is 24.6. The molecule has 1 aromatic rings. The van der Waals surface area contributed by atoms with E-state index in [0.29, 0.717) is 5.92 Å². The predicted octanol–water partition coefficient (Wildman–Crippen LogP) is 3.92. The second-order valence-corrected chi connectivity index (χ2v) is 9.13. The lowest BCUT2D eigenvalue weighted by Crippen LogP contribution is -2.50. The third-order valence-electron chi connectivity index (χ3n) is 8.24. The molecule has 0 aromatic carbocycles. The zero-order valence-corrected chi connectivity index (χ0v) is 15.6. The minimum Gasteiger partial charge on any atom is -0.411 e. The first kappa shape index (κ1) is 16.2. The molecule has 1 N–H and O–H groups in total. The lowest BCUT2D eigenvalue weighted by atomic mass is 9.47. The molecular weight excluding hydrogens is 326 g/mol. The zero-order valence-electron chi connectivity index (χ0n) is 15.6. The van der Waals surface area contributed by atoms with Crippen molar-refractivity contribution in [1.82, 2.24) is 20.2 Å². The van der Waals surface area contributed by atoms with E-state index in [9.17, 15) is 5.21 Å². The molecule has 2 fully saturated rings. The minimum absolute atomic E-state index is 0.181. The maximum Gasteiger partial charge on any atom is 0.143 e. The van der Waals surface area contributed by atoms with Crippen LogP contribution < -0.4 is 0 Å². The van der Waals surface area contributed by atoms with Gasteiger partial charge in [-0.25, -0.2) is 4.68 Å². The van der Waals surface area contributed by atoms with Gasteiger partial charge in [-0.3, -0.25) is 0 Å². The van der Waals surface area contributed by atoms with E-state index < -0.39 is 0 Å². The first-order chi connectivity index (χ1) is 12.6. The summed E-state index contributed by atoms with van der Waals surface area (Å²) in [4.78, 5) is 0. The summed E-state index contributed by atoms with van der Waals surface area (Å²) in [6.45, 7) is 4.90. The molecule has 6 nitrogen and oxygen atoms in total. The molecule has 4 aliphatic carbocycles. The number of tetrazole rings is 1. The number of aromatic nitrogens is 4. The molecule has 5 atom stereocenters. The van der Waals surface area contributed by atoms with E-state index >= 15 is 0 Å². The summed E-state index contributed by atoms with van der Waals surface area (Å²) in [5.41, 5.74) is 4.14. The smallest absolute Gasteiger partial charge is 0.143 e. The molecule has 4 aliphatic rings. The first-order valence-corrected chi connectivity index (χ1v) is 9.92. The minimum atomic E-state index is 0.181. The fourth-order valence-electron chi connectivity index (χ4n) is 6.82. The van der Waals surface area contributed by atoms with Gasteiger partial charge in [-0.2, -0.15) is 0 Å². The molecule has 0 radical (unpaired) electrons. The Kier molecular flexibility index (Phi) is 3.43. The van der Waals surface area contributed by atoms with Crippen molar-refractivity contribution in [3.63, 3.8) is 0 Å². The standard InChI is InChI=1S/C20H27N5O/c1-19-9-7-14(22-26)11-13(19)3-4-15-16-5-6-18(25-12-21-23-24-25)20(16,2)10-8-17(15)19/h6,11-12,15-17,26H,3-5,7-10H2,1-2H3. The van der Waals surface area contributed by atoms with Gasteiger partial charge in [0.2, 0.25) is 0 Å². The molecule has 0 saturated heterocycles. The number of nitrogens with zero attached hydrogens (tertiary/aromatic N) is 5. The summed E-state index contributed by atoms with van der Waals surface area (Å²) in [6.07, 6.45) is 14.3. The lowest BCUT2D eigenvalue weighted by molar-refractivity contribution is -0.0207. The van der Waals surface area contributed by atoms with Gasteiger partial charge in [0.05, 0.1) is 5.71 Å². The molecule has 0 bridgehead atoms. The van der Waals surface area contributed by atoms with Crippen LogP contribution >= 0.6 is 0 Å². The van der Waals surface area contributed by atoms with Crippen molar-refractivity contribution in [2.24, 2.45) is 33.7 Å². The van der Waals surface area contributed by atoms with Crippen LogP contribution in [0.25, 0.3) is 5.70 Å². The van der Waals surface area contributed by atoms with Crippen LogP contribution in [-0.4, -0.2) is 31.1 Å². The molecule has 0 amide bonds. The van der Waals surface area contributed by atoms with E-state index in [-0.39, 0.29) is 10.8 Å². The molecule has 0 spiro atoms. The molecule has 6 heteroatoms. The number of rotatable bonds is 1. The van der Waals surface area contributed by atoms with E-state index in [2.05, 4.69) is 46.7 Å². The van der Waals surface area contributed by atoms with Gasteiger partial charge in [0.15, 0.2) is 0 Å². The SMILES string of the molecule is CC12CCC(=NO)C=C1CCC1C2CCC2(C)C(n3cnnn3)=CCC12. The summed E-state index contributed by atoms with van der Waals surface area (Å²) in [7, 11) is 0. The Bertz CT molecular complexity index is 810. The number of hydrogen-bond acceptors (Lipinski definition) is 5. The number of fused-ring (bicyclic) bond motifs is 5. The van der Waals surface area contributed by atoms with Gasteiger partial charge >= 0.3 is 0 Å². The zero-order chi connectivity index (χ0) is 17.9. The summed E-state index contributed by atoms with van der Waals surface area (Å²) in [5.74, 6) is 2.18. The maximum absolute atomic E-state index is 9.19. The quantitative estimate of drug-likeness (QED) is 0.613. The fraction of sp³-hybridized carbons (Fsp3) is 0.700. The van der Waals surface area contributed by atoms with Crippen LogP contribution in [0.15, 0.2) is 29.2 Å². The maximum atomic E-state index is 9.19. The van der Waals surface area contributed by atoms with E-state index in [0.717, 1.165) is 43.2 Å². The Hall–Kier alpha value is -1.98. The van der Waals surface area contributed by atoms with Crippen LogP contribution in [-0.2, 0) is 0 Å². The molecule has 1 aromatic heterocycles. The third-order valence-corrected chi connectivity index (χ3v) is 8.24. The van der Waals surface area contributed by atoms with Crippen LogP contribution in [0.3, 0.4) is 0 Å². The van der Waals surface area contributed by atoms with Crippen molar-refractivity contribution in [2.75, 3.05) is 0 Å². The summed E-state index contributed by atoms with van der Waals surface area (Å²) < 4.78 is 1.89. The molecule has 1 heterocycles. The van der Waals surface area contributed by atoms with Gasteiger partial charge in [0, 0.05) is 11.1 Å². The normalized spacial score (nSPS) is 43.3. The van der Waals surface area contributed by atoms with Crippen LogP contribution in [0, 0.1) is 28.6 Å². The van der Waals surface area contributed by atoms with Crippen molar-refractivity contribution < 1.29 is 5.21 Å². The van der Waals surface area contributed by atoms with Crippen molar-refractivity contribution in [3.8, 4) is 0 Å². The van der Waals surface area contributed by atoms with Gasteiger partial charge in [-0.1, -0.05) is 30.7 Å². The van der Waals surface area contributed by atoms with E-state index in [1.165, 1.54) is 30.5 Å². The van der Waals surface area contributed by atoms with Gasteiger partial charge in [-0.15, -0.1) is 5.10 Å². The van der Waals surface area contributed by atoms with Crippen LogP contribution in [0.5, 0.6) is 0 Å². The fourth-order valence-corrected chi connectivity index (χ4v) is 6.82. The third kappa shape index (κ3) is 2.04. The molecular formula is C20H27N5O. The molecule has 26 heavy (non-hydrogen) atoms. The topological polar surface area (TPSA) is 76.2 Å². The Balaban J connectivity index is 1.47. The van der Waals surface area contributed by atoms with Crippen LogP contribution in [0.1, 0.15) is 58.8 Å². The van der Waals surface area contributed by atoms with Gasteiger partial charge in [-0.05, 0) is 84.6 Å². The Morgan fingerprint density at radius 3 is 2.81 bits per heavy atom. The largest absolute Gasteiger partial charge is 0.411 e. The molecule has 138 valence electrons. The molecule has 5 rings (SSSR count). The van der Waals surface area contributed by atoms with E-state index in [4.69, 9.17) is 0 Å². The van der Waals surface area contributed by atoms with E-state index in [1.54, 1.807) is 6.33 Å². The Morgan fingerprint density at radius 1 is 1.15 bits per heavy atom. The van der Waals surface area contributed by atoms with Gasteiger partial charge < -0.3 is 5.21 Å². The summed E-state index contributed by atoms with van der Waals surface area (Å²) in [6, 6.07) is 0.